The number of unbranched alkanes of at least 4 members (excludes halogenated alkanes) is 1. The molecule has 2 rings (SSSR count). The van der Waals surface area contributed by atoms with Crippen molar-refractivity contribution in [1.29, 1.82) is 0 Å². The first kappa shape index (κ1) is 15.8. The van der Waals surface area contributed by atoms with Crippen molar-refractivity contribution >= 4 is 22.6 Å². The quantitative estimate of drug-likeness (QED) is 0.592. The number of allylic oxidation sites excluding steroid dienone is 1. The van der Waals surface area contributed by atoms with Crippen molar-refractivity contribution in [3.63, 3.8) is 0 Å². The SMILES string of the molecule is CCCCN1N=C(C)SC1=CC(=O)c1cc(C)cc(C)c1. The minimum Gasteiger partial charge on any atom is -0.289 e. The molecule has 0 unspecified atom stereocenters. The van der Waals surface area contributed by atoms with E-state index in [2.05, 4.69) is 18.1 Å². The molecule has 0 aromatic heterocycles. The van der Waals surface area contributed by atoms with Gasteiger partial charge < -0.3 is 0 Å². The summed E-state index contributed by atoms with van der Waals surface area (Å²) in [6.45, 7) is 9.03. The van der Waals surface area contributed by atoms with Gasteiger partial charge in [-0.15, -0.1) is 0 Å². The number of carbonyl (C=O) groups excluding carboxylic acids is 1. The standard InChI is InChI=1S/C17H22N2OS/c1-5-6-7-19-17(21-14(4)18-19)11-16(20)15-9-12(2)8-13(3)10-15/h8-11H,5-7H2,1-4H3. The van der Waals surface area contributed by atoms with Gasteiger partial charge in [-0.05, 0) is 39.3 Å². The maximum atomic E-state index is 12.5. The van der Waals surface area contributed by atoms with E-state index in [4.69, 9.17) is 0 Å². The van der Waals surface area contributed by atoms with E-state index >= 15 is 0 Å². The van der Waals surface area contributed by atoms with Gasteiger partial charge in [0.15, 0.2) is 5.78 Å². The van der Waals surface area contributed by atoms with Crippen molar-refractivity contribution in [3.05, 3.63) is 46.0 Å². The highest BCUT2D eigenvalue weighted by molar-refractivity contribution is 8.17. The van der Waals surface area contributed by atoms with Crippen LogP contribution in [0.2, 0.25) is 0 Å². The van der Waals surface area contributed by atoms with E-state index in [1.165, 1.54) is 0 Å². The van der Waals surface area contributed by atoms with Crippen LogP contribution in [0.3, 0.4) is 0 Å². The zero-order valence-corrected chi connectivity index (χ0v) is 14.0. The molecule has 4 heteroatoms. The van der Waals surface area contributed by atoms with E-state index in [-0.39, 0.29) is 5.78 Å². The predicted octanol–water partition coefficient (Wildman–Crippen LogP) is 4.51. The highest BCUT2D eigenvalue weighted by Gasteiger charge is 2.19. The van der Waals surface area contributed by atoms with Crippen molar-refractivity contribution in [2.75, 3.05) is 6.54 Å². The molecule has 0 atom stereocenters. The van der Waals surface area contributed by atoms with Gasteiger partial charge in [0.2, 0.25) is 0 Å². The number of hydrazone groups is 1. The van der Waals surface area contributed by atoms with Gasteiger partial charge in [0, 0.05) is 18.2 Å². The number of hydrogen-bond acceptors (Lipinski definition) is 4. The van der Waals surface area contributed by atoms with Crippen LogP contribution in [0.4, 0.5) is 0 Å². The molecule has 112 valence electrons. The van der Waals surface area contributed by atoms with Gasteiger partial charge in [0.05, 0.1) is 5.04 Å². The zero-order chi connectivity index (χ0) is 15.4. The third-order valence-electron chi connectivity index (χ3n) is 3.25. The lowest BCUT2D eigenvalue weighted by Gasteiger charge is -2.14. The third kappa shape index (κ3) is 4.21. The Labute approximate surface area is 131 Å². The molecule has 1 aromatic carbocycles. The van der Waals surface area contributed by atoms with Crippen LogP contribution in [0.5, 0.6) is 0 Å². The molecule has 0 saturated heterocycles. The number of nitrogens with zero attached hydrogens (tertiary/aromatic N) is 2. The summed E-state index contributed by atoms with van der Waals surface area (Å²) in [6.07, 6.45) is 3.91. The Balaban J connectivity index is 2.19. The van der Waals surface area contributed by atoms with E-state index in [9.17, 15) is 4.79 Å². The average molecular weight is 302 g/mol. The largest absolute Gasteiger partial charge is 0.289 e. The fraction of sp³-hybridized carbons (Fsp3) is 0.412. The zero-order valence-electron chi connectivity index (χ0n) is 13.1. The summed E-state index contributed by atoms with van der Waals surface area (Å²) in [7, 11) is 0. The number of thioether (sulfide) groups is 1. The Morgan fingerprint density at radius 2 is 1.90 bits per heavy atom. The lowest BCUT2D eigenvalue weighted by Crippen LogP contribution is -2.14. The highest BCUT2D eigenvalue weighted by Crippen LogP contribution is 2.30. The van der Waals surface area contributed by atoms with Crippen molar-refractivity contribution in [2.24, 2.45) is 5.10 Å². The van der Waals surface area contributed by atoms with Crippen LogP contribution in [0.15, 0.2) is 34.4 Å². The Hall–Kier alpha value is -1.55. The molecule has 0 saturated carbocycles. The lowest BCUT2D eigenvalue weighted by molar-refractivity contribution is 0.104. The average Bonchev–Trinajstić information content (AvgIpc) is 2.75. The fourth-order valence-electron chi connectivity index (χ4n) is 2.33. The second-order valence-electron chi connectivity index (χ2n) is 5.42. The van der Waals surface area contributed by atoms with E-state index in [1.807, 2.05) is 37.9 Å². The maximum absolute atomic E-state index is 12.5. The van der Waals surface area contributed by atoms with Gasteiger partial charge in [0.1, 0.15) is 5.03 Å². The van der Waals surface area contributed by atoms with Crippen LogP contribution in [-0.2, 0) is 0 Å². The van der Waals surface area contributed by atoms with E-state index in [1.54, 1.807) is 17.8 Å². The summed E-state index contributed by atoms with van der Waals surface area (Å²) in [4.78, 5) is 12.5. The van der Waals surface area contributed by atoms with Gasteiger partial charge in [-0.2, -0.15) is 5.10 Å². The van der Waals surface area contributed by atoms with Gasteiger partial charge in [0.25, 0.3) is 0 Å². The van der Waals surface area contributed by atoms with Crippen LogP contribution in [-0.4, -0.2) is 22.4 Å². The molecule has 0 spiro atoms. The molecule has 0 amide bonds. The summed E-state index contributed by atoms with van der Waals surface area (Å²) in [6, 6.07) is 5.96. The molecule has 1 heterocycles. The first-order chi connectivity index (χ1) is 9.99. The van der Waals surface area contributed by atoms with Crippen LogP contribution in [0.1, 0.15) is 48.2 Å². The molecule has 0 radical (unpaired) electrons. The van der Waals surface area contributed by atoms with Crippen molar-refractivity contribution in [3.8, 4) is 0 Å². The number of rotatable bonds is 5. The summed E-state index contributed by atoms with van der Waals surface area (Å²) < 4.78 is 0. The summed E-state index contributed by atoms with van der Waals surface area (Å²) in [5, 5.41) is 8.36. The normalized spacial score (nSPS) is 16.5. The third-order valence-corrected chi connectivity index (χ3v) is 4.17. The minimum absolute atomic E-state index is 0.0516. The monoisotopic (exact) mass is 302 g/mol. The molecule has 21 heavy (non-hydrogen) atoms. The molecular formula is C17H22N2OS. The Bertz CT molecular complexity index is 585. The van der Waals surface area contributed by atoms with Gasteiger partial charge in [-0.1, -0.05) is 42.3 Å². The van der Waals surface area contributed by atoms with Crippen LogP contribution in [0, 0.1) is 13.8 Å². The Morgan fingerprint density at radius 3 is 2.52 bits per heavy atom. The molecule has 0 bridgehead atoms. The minimum atomic E-state index is 0.0516. The highest BCUT2D eigenvalue weighted by atomic mass is 32.2. The lowest BCUT2D eigenvalue weighted by atomic mass is 10.0. The van der Waals surface area contributed by atoms with Crippen LogP contribution in [0.25, 0.3) is 0 Å². The van der Waals surface area contributed by atoms with Gasteiger partial charge in [-0.3, -0.25) is 9.80 Å². The van der Waals surface area contributed by atoms with E-state index in [0.29, 0.717) is 0 Å². The second-order valence-corrected chi connectivity index (χ2v) is 6.63. The predicted molar refractivity (Wildman–Crippen MR) is 90.6 cm³/mol. The van der Waals surface area contributed by atoms with Crippen LogP contribution < -0.4 is 0 Å². The molecule has 0 N–H and O–H groups in total. The first-order valence-corrected chi connectivity index (χ1v) is 8.16. The first-order valence-electron chi connectivity index (χ1n) is 7.34. The molecule has 1 aromatic rings. The molecule has 3 nitrogen and oxygen atoms in total. The van der Waals surface area contributed by atoms with Crippen molar-refractivity contribution in [1.82, 2.24) is 5.01 Å². The van der Waals surface area contributed by atoms with Crippen molar-refractivity contribution < 1.29 is 4.79 Å². The maximum Gasteiger partial charge on any atom is 0.188 e. The Morgan fingerprint density at radius 1 is 1.24 bits per heavy atom. The summed E-state index contributed by atoms with van der Waals surface area (Å²) >= 11 is 1.57. The molecule has 0 aliphatic carbocycles. The topological polar surface area (TPSA) is 32.7 Å². The number of benzene rings is 1. The number of aryl methyl sites for hydroxylation is 2. The second kappa shape index (κ2) is 6.94. The van der Waals surface area contributed by atoms with Crippen LogP contribution >= 0.6 is 11.8 Å². The number of ketones is 1. The van der Waals surface area contributed by atoms with Gasteiger partial charge in [-0.25, -0.2) is 0 Å². The number of carbonyl (C=O) groups is 1. The summed E-state index contributed by atoms with van der Waals surface area (Å²) in [5.74, 6) is 0.0516. The van der Waals surface area contributed by atoms with E-state index < -0.39 is 0 Å². The summed E-state index contributed by atoms with van der Waals surface area (Å²) in [5.41, 5.74) is 2.98. The van der Waals surface area contributed by atoms with E-state index in [0.717, 1.165) is 46.1 Å². The number of hydrogen-bond donors (Lipinski definition) is 0. The Kier molecular flexibility index (Phi) is 5.23. The molecular weight excluding hydrogens is 280 g/mol. The molecule has 1 aliphatic rings. The molecule has 1 aliphatic heterocycles. The molecule has 0 fully saturated rings. The van der Waals surface area contributed by atoms with Gasteiger partial charge >= 0.3 is 0 Å². The fourth-order valence-corrected chi connectivity index (χ4v) is 3.17. The van der Waals surface area contributed by atoms with Crippen molar-refractivity contribution in [2.45, 2.75) is 40.5 Å². The smallest absolute Gasteiger partial charge is 0.188 e.